The molecule has 1 aromatic heterocycles. The molecule has 10 heteroatoms. The second-order valence-corrected chi connectivity index (χ2v) is 7.41. The summed E-state index contributed by atoms with van der Waals surface area (Å²) in [6.45, 7) is 7.00. The lowest BCUT2D eigenvalue weighted by molar-refractivity contribution is 0.0178. The number of carboxylic acid groups (broad SMARTS) is 1. The molecule has 1 unspecified atom stereocenters. The summed E-state index contributed by atoms with van der Waals surface area (Å²) < 4.78 is 16.0. The molecule has 1 aliphatic heterocycles. The van der Waals surface area contributed by atoms with E-state index in [1.807, 2.05) is 20.8 Å². The van der Waals surface area contributed by atoms with E-state index in [2.05, 4.69) is 10.3 Å². The number of nitrogens with zero attached hydrogens (tertiary/aromatic N) is 2. The Labute approximate surface area is 162 Å². The molecular weight excluding hydrogens is 378 g/mol. The van der Waals surface area contributed by atoms with Crippen LogP contribution in [-0.4, -0.2) is 72.0 Å². The summed E-state index contributed by atoms with van der Waals surface area (Å²) in [5.74, 6) is -1.31. The lowest BCUT2D eigenvalue weighted by atomic mass is 10.2. The minimum Gasteiger partial charge on any atom is -0.491 e. The summed E-state index contributed by atoms with van der Waals surface area (Å²) in [7, 11) is 1.30. The van der Waals surface area contributed by atoms with Crippen molar-refractivity contribution in [1.29, 1.82) is 0 Å². The average Bonchev–Trinajstić information content (AvgIpc) is 2.57. The molecule has 2 heterocycles. The highest BCUT2D eigenvalue weighted by Gasteiger charge is 2.28. The number of aromatic carboxylic acids is 1. The van der Waals surface area contributed by atoms with Gasteiger partial charge in [-0.05, 0) is 20.8 Å². The van der Waals surface area contributed by atoms with Gasteiger partial charge in [0.15, 0.2) is 5.56 Å². The predicted octanol–water partition coefficient (Wildman–Crippen LogP) is 2.03. The number of nitrogens with one attached hydrogen (secondary N) is 1. The zero-order valence-corrected chi connectivity index (χ0v) is 16.5. The van der Waals surface area contributed by atoms with Crippen LogP contribution < -0.4 is 14.8 Å². The molecule has 0 saturated carbocycles. The average molecular weight is 402 g/mol. The Morgan fingerprint density at radius 1 is 1.44 bits per heavy atom. The third kappa shape index (κ3) is 5.86. The quantitative estimate of drug-likeness (QED) is 0.721. The van der Waals surface area contributed by atoms with Crippen LogP contribution >= 0.6 is 11.6 Å². The molecule has 1 aromatic rings. The Morgan fingerprint density at radius 2 is 2.15 bits per heavy atom. The van der Waals surface area contributed by atoms with Crippen LogP contribution in [0.25, 0.3) is 0 Å². The van der Waals surface area contributed by atoms with E-state index >= 15 is 0 Å². The van der Waals surface area contributed by atoms with Gasteiger partial charge in [-0.15, -0.1) is 0 Å². The third-order valence-electron chi connectivity index (χ3n) is 3.67. The number of halogens is 1. The number of amides is 1. The maximum absolute atomic E-state index is 12.2. The summed E-state index contributed by atoms with van der Waals surface area (Å²) in [4.78, 5) is 29.2. The van der Waals surface area contributed by atoms with Crippen molar-refractivity contribution >= 4 is 23.7 Å². The van der Waals surface area contributed by atoms with Gasteiger partial charge in [-0.1, -0.05) is 11.6 Å². The molecule has 27 heavy (non-hydrogen) atoms. The normalized spacial score (nSPS) is 17.4. The molecule has 9 nitrogen and oxygen atoms in total. The summed E-state index contributed by atoms with van der Waals surface area (Å²) in [6, 6.07) is 1.12. The Balaban J connectivity index is 2.05. The maximum Gasteiger partial charge on any atom is 0.410 e. The van der Waals surface area contributed by atoms with Crippen molar-refractivity contribution in [2.24, 2.45) is 0 Å². The molecule has 1 aliphatic rings. The molecule has 0 spiro atoms. The van der Waals surface area contributed by atoms with Gasteiger partial charge in [0.1, 0.15) is 23.1 Å². The van der Waals surface area contributed by atoms with Crippen molar-refractivity contribution < 1.29 is 28.9 Å². The Bertz CT molecular complexity index is 707. The first-order valence-corrected chi connectivity index (χ1v) is 8.80. The van der Waals surface area contributed by atoms with Crippen LogP contribution in [0.5, 0.6) is 11.6 Å². The SMILES string of the molecule is COc1nc(Cl)cc(OCC2CN(C(=O)OC(C)(C)C)CCN2)c1C(=O)O. The lowest BCUT2D eigenvalue weighted by Crippen LogP contribution is -2.55. The number of carboxylic acids is 1. The van der Waals surface area contributed by atoms with Crippen LogP contribution in [-0.2, 0) is 4.74 Å². The highest BCUT2D eigenvalue weighted by Crippen LogP contribution is 2.30. The smallest absolute Gasteiger partial charge is 0.410 e. The summed E-state index contributed by atoms with van der Waals surface area (Å²) in [6.07, 6.45) is -0.395. The Morgan fingerprint density at radius 3 is 2.74 bits per heavy atom. The van der Waals surface area contributed by atoms with Crippen LogP contribution in [0.2, 0.25) is 5.15 Å². The van der Waals surface area contributed by atoms with E-state index in [4.69, 9.17) is 25.8 Å². The van der Waals surface area contributed by atoms with Gasteiger partial charge in [0.05, 0.1) is 13.2 Å². The van der Waals surface area contributed by atoms with Gasteiger partial charge >= 0.3 is 12.1 Å². The third-order valence-corrected chi connectivity index (χ3v) is 3.87. The van der Waals surface area contributed by atoms with Crippen molar-refractivity contribution in [3.8, 4) is 11.6 Å². The number of carbonyl (C=O) groups excluding carboxylic acids is 1. The van der Waals surface area contributed by atoms with E-state index in [1.54, 1.807) is 4.90 Å². The van der Waals surface area contributed by atoms with Gasteiger partial charge in [-0.3, -0.25) is 0 Å². The topological polar surface area (TPSA) is 110 Å². The second kappa shape index (κ2) is 8.62. The number of piperazine rings is 1. The minimum absolute atomic E-state index is 0.0514. The van der Waals surface area contributed by atoms with Crippen LogP contribution in [0.3, 0.4) is 0 Å². The predicted molar refractivity (Wildman–Crippen MR) is 97.9 cm³/mol. The number of carbonyl (C=O) groups is 2. The minimum atomic E-state index is -1.24. The molecule has 2 N–H and O–H groups in total. The van der Waals surface area contributed by atoms with Crippen molar-refractivity contribution in [3.05, 3.63) is 16.8 Å². The summed E-state index contributed by atoms with van der Waals surface area (Å²) >= 11 is 5.90. The number of hydrogen-bond acceptors (Lipinski definition) is 7. The largest absolute Gasteiger partial charge is 0.491 e. The highest BCUT2D eigenvalue weighted by atomic mass is 35.5. The van der Waals surface area contributed by atoms with Crippen LogP contribution in [0, 0.1) is 0 Å². The lowest BCUT2D eigenvalue weighted by Gasteiger charge is -2.34. The number of aromatic nitrogens is 1. The van der Waals surface area contributed by atoms with Gasteiger partial charge in [-0.25, -0.2) is 14.6 Å². The number of rotatable bonds is 5. The monoisotopic (exact) mass is 401 g/mol. The maximum atomic E-state index is 12.2. The fourth-order valence-electron chi connectivity index (χ4n) is 2.55. The first kappa shape index (κ1) is 21.0. The van der Waals surface area contributed by atoms with Gasteiger partial charge in [0.2, 0.25) is 5.88 Å². The van der Waals surface area contributed by atoms with Crippen molar-refractivity contribution in [3.63, 3.8) is 0 Å². The van der Waals surface area contributed by atoms with E-state index < -0.39 is 17.7 Å². The number of methoxy groups -OCH3 is 1. The molecule has 150 valence electrons. The van der Waals surface area contributed by atoms with E-state index in [0.717, 1.165) is 0 Å². The van der Waals surface area contributed by atoms with E-state index in [9.17, 15) is 14.7 Å². The van der Waals surface area contributed by atoms with Crippen molar-refractivity contribution in [2.75, 3.05) is 33.4 Å². The molecule has 1 saturated heterocycles. The molecule has 2 rings (SSSR count). The summed E-state index contributed by atoms with van der Waals surface area (Å²) in [5.41, 5.74) is -0.781. The molecule has 1 atom stereocenters. The molecule has 0 aromatic carbocycles. The second-order valence-electron chi connectivity index (χ2n) is 7.02. The summed E-state index contributed by atoms with van der Waals surface area (Å²) in [5, 5.41) is 12.7. The van der Waals surface area contributed by atoms with E-state index in [0.29, 0.717) is 19.6 Å². The zero-order valence-electron chi connectivity index (χ0n) is 15.7. The first-order chi connectivity index (χ1) is 12.6. The van der Waals surface area contributed by atoms with Gasteiger partial charge in [0.25, 0.3) is 0 Å². The molecule has 1 amide bonds. The van der Waals surface area contributed by atoms with E-state index in [1.165, 1.54) is 13.2 Å². The Kier molecular flexibility index (Phi) is 6.72. The fraction of sp³-hybridized carbons (Fsp3) is 0.588. The van der Waals surface area contributed by atoms with Crippen LogP contribution in [0.1, 0.15) is 31.1 Å². The van der Waals surface area contributed by atoms with Crippen molar-refractivity contribution in [1.82, 2.24) is 15.2 Å². The van der Waals surface area contributed by atoms with Gasteiger partial charge < -0.3 is 29.5 Å². The highest BCUT2D eigenvalue weighted by molar-refractivity contribution is 6.29. The van der Waals surface area contributed by atoms with Crippen LogP contribution in [0.15, 0.2) is 6.07 Å². The zero-order chi connectivity index (χ0) is 20.2. The molecule has 1 fully saturated rings. The standard InChI is InChI=1S/C17H24ClN3O6/c1-17(2,3)27-16(24)21-6-5-19-10(8-21)9-26-11-7-12(18)20-14(25-4)13(11)15(22)23/h7,10,19H,5-6,8-9H2,1-4H3,(H,22,23). The molecule has 0 aliphatic carbocycles. The van der Waals surface area contributed by atoms with Gasteiger partial charge in [0, 0.05) is 25.7 Å². The first-order valence-electron chi connectivity index (χ1n) is 8.42. The number of pyridine rings is 1. The molecule has 0 bridgehead atoms. The van der Waals surface area contributed by atoms with Crippen molar-refractivity contribution in [2.45, 2.75) is 32.4 Å². The van der Waals surface area contributed by atoms with Crippen LogP contribution in [0.4, 0.5) is 4.79 Å². The molecular formula is C17H24ClN3O6. The Hall–Kier alpha value is -2.26. The number of hydrogen-bond donors (Lipinski definition) is 2. The fourth-order valence-corrected chi connectivity index (χ4v) is 2.72. The van der Waals surface area contributed by atoms with E-state index in [-0.39, 0.29) is 35.0 Å². The number of ether oxygens (including phenoxy) is 3. The van der Waals surface area contributed by atoms with Gasteiger partial charge in [-0.2, -0.15) is 0 Å². The molecule has 0 radical (unpaired) electrons.